The van der Waals surface area contributed by atoms with E-state index in [0.29, 0.717) is 12.0 Å². The fourth-order valence-electron chi connectivity index (χ4n) is 3.65. The van der Waals surface area contributed by atoms with Crippen molar-refractivity contribution in [2.45, 2.75) is 45.1 Å². The molecular formula is C18H26N2O. The van der Waals surface area contributed by atoms with Crippen LogP contribution < -0.4 is 5.32 Å². The molecule has 0 aromatic heterocycles. The number of carbonyl (C=O) groups is 1. The third-order valence-corrected chi connectivity index (χ3v) is 5.15. The molecule has 1 aromatic carbocycles. The van der Waals surface area contributed by atoms with Crippen LogP contribution in [-0.2, 0) is 4.79 Å². The molecule has 1 saturated heterocycles. The molecule has 3 nitrogen and oxygen atoms in total. The van der Waals surface area contributed by atoms with Crippen molar-refractivity contribution in [3.63, 3.8) is 0 Å². The molecule has 1 aromatic rings. The summed E-state index contributed by atoms with van der Waals surface area (Å²) in [5.41, 5.74) is 1.66. The molecule has 3 heteroatoms. The number of amides is 1. The molecule has 114 valence electrons. The lowest BCUT2D eigenvalue weighted by atomic mass is 9.80. The van der Waals surface area contributed by atoms with Gasteiger partial charge in [-0.25, -0.2) is 0 Å². The van der Waals surface area contributed by atoms with Crippen molar-refractivity contribution >= 4 is 5.91 Å². The Morgan fingerprint density at radius 3 is 2.57 bits per heavy atom. The molecule has 3 rings (SSSR count). The molecule has 1 unspecified atom stereocenters. The van der Waals surface area contributed by atoms with Gasteiger partial charge in [-0.3, -0.25) is 4.79 Å². The molecule has 0 spiro atoms. The van der Waals surface area contributed by atoms with E-state index >= 15 is 0 Å². The van der Waals surface area contributed by atoms with Gasteiger partial charge in [-0.15, -0.1) is 0 Å². The van der Waals surface area contributed by atoms with Gasteiger partial charge < -0.3 is 10.2 Å². The lowest BCUT2D eigenvalue weighted by molar-refractivity contribution is -0.131. The molecule has 2 fully saturated rings. The largest absolute Gasteiger partial charge is 0.339 e. The molecule has 2 aliphatic rings. The highest BCUT2D eigenvalue weighted by Gasteiger charge is 2.45. The monoisotopic (exact) mass is 286 g/mol. The van der Waals surface area contributed by atoms with Crippen LogP contribution in [0.4, 0.5) is 0 Å². The van der Waals surface area contributed by atoms with Gasteiger partial charge in [-0.05, 0) is 43.3 Å². The fourth-order valence-corrected chi connectivity index (χ4v) is 3.65. The Bertz CT molecular complexity index is 493. The number of rotatable bonds is 4. The maximum Gasteiger partial charge on any atom is 0.219 e. The lowest BCUT2D eigenvalue weighted by Crippen LogP contribution is -2.45. The van der Waals surface area contributed by atoms with Gasteiger partial charge in [-0.2, -0.15) is 0 Å². The third kappa shape index (κ3) is 3.29. The van der Waals surface area contributed by atoms with Crippen molar-refractivity contribution in [2.75, 3.05) is 19.6 Å². The summed E-state index contributed by atoms with van der Waals surface area (Å²) >= 11 is 0. The number of hydrogen-bond donors (Lipinski definition) is 1. The zero-order chi connectivity index (χ0) is 14.9. The van der Waals surface area contributed by atoms with Crippen LogP contribution in [0.2, 0.25) is 0 Å². The van der Waals surface area contributed by atoms with Gasteiger partial charge in [0.15, 0.2) is 0 Å². The van der Waals surface area contributed by atoms with E-state index in [4.69, 9.17) is 0 Å². The van der Waals surface area contributed by atoms with Gasteiger partial charge in [0.05, 0.1) is 0 Å². The maximum absolute atomic E-state index is 12.1. The van der Waals surface area contributed by atoms with Gasteiger partial charge >= 0.3 is 0 Å². The van der Waals surface area contributed by atoms with Crippen LogP contribution >= 0.6 is 0 Å². The smallest absolute Gasteiger partial charge is 0.219 e. The van der Waals surface area contributed by atoms with E-state index in [0.717, 1.165) is 26.1 Å². The minimum atomic E-state index is 0.234. The van der Waals surface area contributed by atoms with Crippen molar-refractivity contribution in [2.24, 2.45) is 5.41 Å². The molecular weight excluding hydrogens is 260 g/mol. The number of nitrogens with zero attached hydrogens (tertiary/aromatic N) is 1. The first-order valence-electron chi connectivity index (χ1n) is 8.12. The molecule has 1 N–H and O–H groups in total. The number of carbonyl (C=O) groups excluding carboxylic acids is 1. The second-order valence-corrected chi connectivity index (χ2v) is 7.03. The molecule has 1 heterocycles. The molecule has 1 amide bonds. The summed E-state index contributed by atoms with van der Waals surface area (Å²) in [5.74, 6) is 0.776. The predicted octanol–water partition coefficient (Wildman–Crippen LogP) is 2.78. The number of piperidine rings is 1. The van der Waals surface area contributed by atoms with E-state index < -0.39 is 0 Å². The predicted molar refractivity (Wildman–Crippen MR) is 85.2 cm³/mol. The SMILES string of the molecule is CC(=O)N(CC1(C)CCNCC1)[C@@H]1CC1c1ccccc1. The Morgan fingerprint density at radius 1 is 1.29 bits per heavy atom. The van der Waals surface area contributed by atoms with Crippen LogP contribution in [0, 0.1) is 5.41 Å². The van der Waals surface area contributed by atoms with Crippen LogP contribution in [0.1, 0.15) is 44.6 Å². The average molecular weight is 286 g/mol. The van der Waals surface area contributed by atoms with Crippen LogP contribution in [0.15, 0.2) is 30.3 Å². The van der Waals surface area contributed by atoms with Crippen LogP contribution in [0.25, 0.3) is 0 Å². The fraction of sp³-hybridized carbons (Fsp3) is 0.611. The van der Waals surface area contributed by atoms with Crippen molar-refractivity contribution < 1.29 is 4.79 Å². The summed E-state index contributed by atoms with van der Waals surface area (Å²) < 4.78 is 0. The van der Waals surface area contributed by atoms with Gasteiger partial charge in [0.2, 0.25) is 5.91 Å². The maximum atomic E-state index is 12.1. The minimum Gasteiger partial charge on any atom is -0.339 e. The Kier molecular flexibility index (Phi) is 4.03. The zero-order valence-electron chi connectivity index (χ0n) is 13.1. The summed E-state index contributed by atoms with van der Waals surface area (Å²) in [5, 5.41) is 3.42. The minimum absolute atomic E-state index is 0.234. The average Bonchev–Trinajstić information content (AvgIpc) is 3.26. The summed E-state index contributed by atoms with van der Waals surface area (Å²) in [6.07, 6.45) is 3.46. The molecule has 1 saturated carbocycles. The molecule has 0 radical (unpaired) electrons. The Labute approximate surface area is 127 Å². The highest BCUT2D eigenvalue weighted by molar-refractivity contribution is 5.74. The van der Waals surface area contributed by atoms with E-state index in [-0.39, 0.29) is 11.3 Å². The van der Waals surface area contributed by atoms with E-state index in [9.17, 15) is 4.79 Å². The topological polar surface area (TPSA) is 32.3 Å². The Hall–Kier alpha value is -1.35. The second-order valence-electron chi connectivity index (χ2n) is 7.03. The van der Waals surface area contributed by atoms with Gasteiger partial charge in [0, 0.05) is 25.4 Å². The summed E-state index contributed by atoms with van der Waals surface area (Å²) in [4.78, 5) is 14.3. The summed E-state index contributed by atoms with van der Waals surface area (Å²) in [6.45, 7) is 7.14. The van der Waals surface area contributed by atoms with E-state index in [1.807, 2.05) is 0 Å². The lowest BCUT2D eigenvalue weighted by Gasteiger charge is -2.38. The zero-order valence-corrected chi connectivity index (χ0v) is 13.1. The highest BCUT2D eigenvalue weighted by atomic mass is 16.2. The quantitative estimate of drug-likeness (QED) is 0.923. The Morgan fingerprint density at radius 2 is 1.95 bits per heavy atom. The van der Waals surface area contributed by atoms with Crippen molar-refractivity contribution in [1.82, 2.24) is 10.2 Å². The standard InChI is InChI=1S/C18H26N2O/c1-14(21)20(13-18(2)8-10-19-11-9-18)17-12-16(17)15-6-4-3-5-7-15/h3-7,16-17,19H,8-13H2,1-2H3/t16?,17-/m1/s1. The number of benzene rings is 1. The van der Waals surface area contributed by atoms with E-state index in [1.54, 1.807) is 6.92 Å². The first kappa shape index (κ1) is 14.6. The van der Waals surface area contributed by atoms with Crippen LogP contribution in [0.5, 0.6) is 0 Å². The van der Waals surface area contributed by atoms with Crippen LogP contribution in [0.3, 0.4) is 0 Å². The molecule has 2 atom stereocenters. The highest BCUT2D eigenvalue weighted by Crippen LogP contribution is 2.46. The summed E-state index contributed by atoms with van der Waals surface area (Å²) in [6, 6.07) is 11.0. The van der Waals surface area contributed by atoms with Crippen molar-refractivity contribution in [3.8, 4) is 0 Å². The normalized spacial score (nSPS) is 27.1. The first-order chi connectivity index (χ1) is 10.1. The molecule has 21 heavy (non-hydrogen) atoms. The van der Waals surface area contributed by atoms with Gasteiger partial charge in [0.1, 0.15) is 0 Å². The first-order valence-corrected chi connectivity index (χ1v) is 8.12. The number of nitrogens with one attached hydrogen (secondary N) is 1. The van der Waals surface area contributed by atoms with Crippen molar-refractivity contribution in [1.29, 1.82) is 0 Å². The van der Waals surface area contributed by atoms with Crippen LogP contribution in [-0.4, -0.2) is 36.5 Å². The van der Waals surface area contributed by atoms with Gasteiger partial charge in [-0.1, -0.05) is 37.3 Å². The van der Waals surface area contributed by atoms with Crippen molar-refractivity contribution in [3.05, 3.63) is 35.9 Å². The number of hydrogen-bond acceptors (Lipinski definition) is 2. The molecule has 0 bridgehead atoms. The van der Waals surface area contributed by atoms with Gasteiger partial charge in [0.25, 0.3) is 0 Å². The second kappa shape index (κ2) is 5.80. The van der Waals surface area contributed by atoms with E-state index in [2.05, 4.69) is 47.5 Å². The Balaban J connectivity index is 1.68. The summed E-state index contributed by atoms with van der Waals surface area (Å²) in [7, 11) is 0. The molecule has 1 aliphatic carbocycles. The molecule has 1 aliphatic heterocycles. The van der Waals surface area contributed by atoms with E-state index in [1.165, 1.54) is 18.4 Å². The third-order valence-electron chi connectivity index (χ3n) is 5.15.